The minimum Gasteiger partial charge on any atom is -0.459 e. The predicted octanol–water partition coefficient (Wildman–Crippen LogP) is 3.59. The molecule has 0 unspecified atom stereocenters. The van der Waals surface area contributed by atoms with Crippen LogP contribution in [0.3, 0.4) is 0 Å². The number of primary amides is 1. The van der Waals surface area contributed by atoms with Crippen LogP contribution < -0.4 is 5.73 Å². The molecule has 2 aromatic rings. The lowest BCUT2D eigenvalue weighted by atomic mass is 9.97. The summed E-state index contributed by atoms with van der Waals surface area (Å²) >= 11 is 0. The maximum Gasteiger partial charge on any atom is 0.397 e. The summed E-state index contributed by atoms with van der Waals surface area (Å²) in [6.07, 6.45) is 0. The summed E-state index contributed by atoms with van der Waals surface area (Å²) in [6.45, 7) is 11.1. The Hall–Kier alpha value is -3.68. The van der Waals surface area contributed by atoms with Gasteiger partial charge in [-0.1, -0.05) is 76.2 Å². The van der Waals surface area contributed by atoms with Gasteiger partial charge in [0.15, 0.2) is 0 Å². The molecule has 0 radical (unpaired) electrons. The quantitative estimate of drug-likeness (QED) is 0.464. The molecular weight excluding hydrogens is 458 g/mol. The van der Waals surface area contributed by atoms with Gasteiger partial charge in [-0.15, -0.1) is 0 Å². The Morgan fingerprint density at radius 1 is 0.750 bits per heavy atom. The number of carbonyl (C=O) groups excluding carboxylic acids is 4. The monoisotopic (exact) mass is 497 g/mol. The molecule has 2 rings (SSSR count). The molecule has 0 aliphatic heterocycles. The first-order valence-electron chi connectivity index (χ1n) is 12.0. The summed E-state index contributed by atoms with van der Waals surface area (Å²) in [6, 6.07) is 15.8. The number of rotatable bonds is 7. The molecule has 196 valence electrons. The Morgan fingerprint density at radius 2 is 1.14 bits per heavy atom. The van der Waals surface area contributed by atoms with Crippen LogP contribution in [-0.2, 0) is 37.0 Å². The number of nitrogens with zero attached hydrogens (tertiary/aromatic N) is 2. The van der Waals surface area contributed by atoms with Gasteiger partial charge in [-0.25, -0.2) is 4.79 Å². The van der Waals surface area contributed by atoms with Crippen LogP contribution >= 0.6 is 0 Å². The number of benzene rings is 2. The molecule has 0 saturated heterocycles. The van der Waals surface area contributed by atoms with E-state index in [4.69, 9.17) is 10.5 Å². The second kappa shape index (κ2) is 14.7. The third-order valence-corrected chi connectivity index (χ3v) is 5.52. The summed E-state index contributed by atoms with van der Waals surface area (Å²) in [7, 11) is 3.18. The van der Waals surface area contributed by atoms with E-state index in [-0.39, 0.29) is 6.61 Å². The lowest BCUT2D eigenvalue weighted by Crippen LogP contribution is -2.37. The second-order valence-electron chi connectivity index (χ2n) is 9.11. The Morgan fingerprint density at radius 3 is 1.50 bits per heavy atom. The topological polar surface area (TPSA) is 110 Å². The zero-order chi connectivity index (χ0) is 27.4. The van der Waals surface area contributed by atoms with Crippen LogP contribution in [0.5, 0.6) is 0 Å². The lowest BCUT2D eigenvalue weighted by Gasteiger charge is -2.19. The van der Waals surface area contributed by atoms with Crippen molar-refractivity contribution in [2.24, 2.45) is 5.73 Å². The second-order valence-corrected chi connectivity index (χ2v) is 9.11. The molecule has 0 aliphatic carbocycles. The molecule has 0 atom stereocenters. The normalized spacial score (nSPS) is 10.4. The molecule has 0 saturated carbocycles. The number of hydrogen-bond acceptors (Lipinski definition) is 5. The number of nitrogens with two attached hydrogens (primary N) is 1. The van der Waals surface area contributed by atoms with E-state index >= 15 is 0 Å². The highest BCUT2D eigenvalue weighted by Crippen LogP contribution is 2.21. The van der Waals surface area contributed by atoms with E-state index in [2.05, 4.69) is 27.7 Å². The van der Waals surface area contributed by atoms with E-state index in [1.165, 1.54) is 20.9 Å². The molecule has 0 spiro atoms. The Labute approximate surface area is 214 Å². The summed E-state index contributed by atoms with van der Waals surface area (Å²) < 4.78 is 4.71. The van der Waals surface area contributed by atoms with Crippen LogP contribution in [0.25, 0.3) is 0 Å². The maximum atomic E-state index is 11.8. The number of esters is 1. The van der Waals surface area contributed by atoms with Crippen LogP contribution in [-0.4, -0.2) is 54.2 Å². The summed E-state index contributed by atoms with van der Waals surface area (Å²) in [5.41, 5.74) is 9.42. The van der Waals surface area contributed by atoms with Gasteiger partial charge >= 0.3 is 23.7 Å². The summed E-state index contributed by atoms with van der Waals surface area (Å²) in [4.78, 5) is 48.0. The van der Waals surface area contributed by atoms with Crippen LogP contribution in [0, 0.1) is 0 Å². The van der Waals surface area contributed by atoms with E-state index in [0.717, 1.165) is 11.1 Å². The molecule has 2 aromatic carbocycles. The Balaban J connectivity index is 0.000000362. The van der Waals surface area contributed by atoms with E-state index in [0.29, 0.717) is 24.9 Å². The Kier molecular flexibility index (Phi) is 12.4. The van der Waals surface area contributed by atoms with Gasteiger partial charge in [0.2, 0.25) is 0 Å². The van der Waals surface area contributed by atoms with Crippen molar-refractivity contribution in [3.63, 3.8) is 0 Å². The Bertz CT molecular complexity index is 1050. The number of ether oxygens (including phenoxy) is 1. The van der Waals surface area contributed by atoms with Crippen molar-refractivity contribution in [2.45, 2.75) is 59.5 Å². The van der Waals surface area contributed by atoms with Gasteiger partial charge in [0, 0.05) is 27.2 Å². The van der Waals surface area contributed by atoms with Crippen LogP contribution in [0.15, 0.2) is 48.5 Å². The van der Waals surface area contributed by atoms with E-state index < -0.39 is 23.7 Å². The summed E-state index contributed by atoms with van der Waals surface area (Å²) in [5.74, 6) is -2.24. The third-order valence-electron chi connectivity index (χ3n) is 5.52. The highest BCUT2D eigenvalue weighted by molar-refractivity contribution is 6.34. The molecule has 0 aliphatic rings. The predicted molar refractivity (Wildman–Crippen MR) is 140 cm³/mol. The van der Waals surface area contributed by atoms with Crippen LogP contribution in [0.1, 0.15) is 68.7 Å². The smallest absolute Gasteiger partial charge is 0.397 e. The molecule has 0 heterocycles. The first-order chi connectivity index (χ1) is 16.9. The van der Waals surface area contributed by atoms with Crippen molar-refractivity contribution in [1.29, 1.82) is 0 Å². The van der Waals surface area contributed by atoms with Gasteiger partial charge < -0.3 is 20.3 Å². The van der Waals surface area contributed by atoms with Gasteiger partial charge in [-0.05, 0) is 41.0 Å². The molecule has 0 bridgehead atoms. The molecule has 0 fully saturated rings. The number of hydrogen-bond donors (Lipinski definition) is 1. The zero-order valence-corrected chi connectivity index (χ0v) is 22.4. The fraction of sp³-hybridized carbons (Fsp3) is 0.429. The van der Waals surface area contributed by atoms with Gasteiger partial charge in [-0.3, -0.25) is 14.4 Å². The maximum absolute atomic E-state index is 11.8. The van der Waals surface area contributed by atoms with E-state index in [1.54, 1.807) is 21.0 Å². The van der Waals surface area contributed by atoms with Crippen molar-refractivity contribution in [3.8, 4) is 0 Å². The van der Waals surface area contributed by atoms with Crippen molar-refractivity contribution < 1.29 is 23.9 Å². The molecule has 3 amide bonds. The van der Waals surface area contributed by atoms with Crippen molar-refractivity contribution in [2.75, 3.05) is 20.7 Å². The molecule has 8 nitrogen and oxygen atoms in total. The number of amides is 3. The zero-order valence-electron chi connectivity index (χ0n) is 22.4. The SMILES string of the molecule is CC(C)c1ccccc1CN(C)C(=O)C(N)=O.CCOC(=O)C(=O)N(C)Cc1ccccc1C(C)C. The standard InChI is InChI=1S/C15H21NO3.C13H18N2O2/c1-5-19-15(18)14(17)16(4)10-12-8-6-7-9-13(12)11(2)3;1-9(2)11-7-5-4-6-10(11)8-15(3)13(17)12(14)16/h6-9,11H,5,10H2,1-4H3;4-7,9H,8H2,1-3H3,(H2,14,16). The van der Waals surface area contributed by atoms with Crippen molar-refractivity contribution >= 4 is 23.7 Å². The van der Waals surface area contributed by atoms with Crippen molar-refractivity contribution in [1.82, 2.24) is 9.80 Å². The van der Waals surface area contributed by atoms with Crippen molar-refractivity contribution in [3.05, 3.63) is 70.8 Å². The van der Waals surface area contributed by atoms with Crippen LogP contribution in [0.2, 0.25) is 0 Å². The molecule has 2 N–H and O–H groups in total. The van der Waals surface area contributed by atoms with Gasteiger partial charge in [-0.2, -0.15) is 0 Å². The average Bonchev–Trinajstić information content (AvgIpc) is 2.83. The van der Waals surface area contributed by atoms with Gasteiger partial charge in [0.25, 0.3) is 0 Å². The third kappa shape index (κ3) is 9.17. The molecule has 8 heteroatoms. The average molecular weight is 498 g/mol. The largest absolute Gasteiger partial charge is 0.459 e. The highest BCUT2D eigenvalue weighted by Gasteiger charge is 2.21. The van der Waals surface area contributed by atoms with Gasteiger partial charge in [0.1, 0.15) is 0 Å². The number of likely N-dealkylation sites (N-methyl/N-ethyl adjacent to an activating group) is 2. The van der Waals surface area contributed by atoms with E-state index in [9.17, 15) is 19.2 Å². The number of carbonyl (C=O) groups is 4. The van der Waals surface area contributed by atoms with Crippen LogP contribution in [0.4, 0.5) is 0 Å². The van der Waals surface area contributed by atoms with E-state index in [1.807, 2.05) is 48.5 Å². The minimum absolute atomic E-state index is 0.209. The minimum atomic E-state index is -0.922. The first kappa shape index (κ1) is 30.4. The fourth-order valence-corrected chi connectivity index (χ4v) is 3.67. The van der Waals surface area contributed by atoms with Gasteiger partial charge in [0.05, 0.1) is 6.61 Å². The fourth-order valence-electron chi connectivity index (χ4n) is 3.67. The molecular formula is C28H39N3O5. The highest BCUT2D eigenvalue weighted by atomic mass is 16.5. The molecule has 36 heavy (non-hydrogen) atoms. The summed E-state index contributed by atoms with van der Waals surface area (Å²) in [5, 5.41) is 0. The lowest BCUT2D eigenvalue weighted by molar-refractivity contribution is -0.159. The molecule has 0 aromatic heterocycles. The first-order valence-corrected chi connectivity index (χ1v) is 12.0.